The Hall–Kier alpha value is -0.160. The molecule has 16 atom stereocenters. The predicted octanol–water partition coefficient (Wildman–Crippen LogP) is 1.21. The number of hydrogen-bond acceptors (Lipinski definition) is 4. The summed E-state index contributed by atoms with van der Waals surface area (Å²) >= 11 is 0. The highest BCUT2D eigenvalue weighted by Gasteiger charge is 3.01. The molecule has 4 nitrogen and oxygen atoms in total. The lowest BCUT2D eigenvalue weighted by Gasteiger charge is -2.68. The highest BCUT2D eigenvalue weighted by molar-refractivity contribution is 5.45. The second-order valence-corrected chi connectivity index (χ2v) is 10.8. The minimum atomic E-state index is -0.647. The number of rotatable bonds is 0. The van der Waals surface area contributed by atoms with Crippen molar-refractivity contribution in [3.63, 3.8) is 0 Å². The molecule has 128 valence electrons. The van der Waals surface area contributed by atoms with Crippen LogP contribution < -0.4 is 0 Å². The molecule has 2 saturated heterocycles. The van der Waals surface area contributed by atoms with Crippen molar-refractivity contribution in [1.82, 2.24) is 0 Å². The van der Waals surface area contributed by atoms with Crippen LogP contribution >= 0.6 is 0 Å². The van der Waals surface area contributed by atoms with Crippen LogP contribution in [0.1, 0.15) is 25.7 Å². The van der Waals surface area contributed by atoms with Crippen molar-refractivity contribution < 1.29 is 19.7 Å². The first-order valence-electron chi connectivity index (χ1n) is 10.4. The summed E-state index contributed by atoms with van der Waals surface area (Å²) in [5.74, 6) is 6.92. The minimum absolute atomic E-state index is 0.157. The fourth-order valence-corrected chi connectivity index (χ4v) is 12.5. The predicted molar refractivity (Wildman–Crippen MR) is 80.0 cm³/mol. The molecule has 24 heavy (non-hydrogen) atoms. The van der Waals surface area contributed by atoms with E-state index in [-0.39, 0.29) is 10.8 Å². The Bertz CT molecular complexity index is 648. The smallest absolute Gasteiger partial charge is 0.161 e. The van der Waals surface area contributed by atoms with Gasteiger partial charge in [0.25, 0.3) is 0 Å². The van der Waals surface area contributed by atoms with Gasteiger partial charge in [-0.2, -0.15) is 0 Å². The van der Waals surface area contributed by atoms with Crippen LogP contribution in [0.2, 0.25) is 0 Å². The Morgan fingerprint density at radius 1 is 0.583 bits per heavy atom. The average molecular weight is 328 g/mol. The van der Waals surface area contributed by atoms with Crippen LogP contribution in [0.5, 0.6) is 0 Å². The van der Waals surface area contributed by atoms with Crippen LogP contribution in [-0.4, -0.2) is 35.0 Å². The van der Waals surface area contributed by atoms with Gasteiger partial charge in [0.05, 0.1) is 12.2 Å². The number of ether oxygens (including phenoxy) is 2. The van der Waals surface area contributed by atoms with E-state index in [1.807, 2.05) is 0 Å². The average Bonchev–Trinajstić information content (AvgIpc) is 3.34. The maximum atomic E-state index is 11.4. The summed E-state index contributed by atoms with van der Waals surface area (Å²) in [5.41, 5.74) is -0.314. The van der Waals surface area contributed by atoms with Crippen LogP contribution in [0.25, 0.3) is 0 Å². The van der Waals surface area contributed by atoms with Gasteiger partial charge in [-0.15, -0.1) is 0 Å². The molecule has 0 unspecified atom stereocenters. The largest absolute Gasteiger partial charge is 0.367 e. The van der Waals surface area contributed by atoms with Gasteiger partial charge >= 0.3 is 0 Å². The quantitative estimate of drug-likeness (QED) is 0.702. The molecule has 2 N–H and O–H groups in total. The minimum Gasteiger partial charge on any atom is -0.367 e. The van der Waals surface area contributed by atoms with Gasteiger partial charge in [-0.05, 0) is 84.9 Å². The van der Waals surface area contributed by atoms with E-state index in [0.29, 0.717) is 47.7 Å². The van der Waals surface area contributed by atoms with Gasteiger partial charge in [-0.1, -0.05) is 0 Å². The van der Waals surface area contributed by atoms with Gasteiger partial charge in [0.2, 0.25) is 0 Å². The Kier molecular flexibility index (Phi) is 1.56. The summed E-state index contributed by atoms with van der Waals surface area (Å²) in [6, 6.07) is 0. The van der Waals surface area contributed by atoms with Crippen molar-refractivity contribution in [2.24, 2.45) is 70.0 Å². The standard InChI is InChI=1S/C20H24O4/c21-17-19-13-5-1-3-7-9(5)15-11(13)12-14(20(15,19)18(22)23-7)6-2-4-8(24-17)10(6)16(12)19/h5-18,21-22H,1-4H2/t5-,6+,7+,8-,9-,10-,11-,12+,13-,14+,15-,16+,17+,18-,19-,20-/m1/s1. The monoisotopic (exact) mass is 328 g/mol. The Morgan fingerprint density at radius 2 is 1.04 bits per heavy atom. The molecule has 2 aliphatic heterocycles. The normalized spacial score (nSPS) is 85.2. The van der Waals surface area contributed by atoms with Gasteiger partial charge in [0.15, 0.2) is 12.6 Å². The van der Waals surface area contributed by atoms with E-state index in [0.717, 1.165) is 36.5 Å². The first kappa shape index (κ1) is 12.3. The summed E-state index contributed by atoms with van der Waals surface area (Å²) in [4.78, 5) is 0. The van der Waals surface area contributed by atoms with Gasteiger partial charge in [0.1, 0.15) is 0 Å². The number of aliphatic hydroxyl groups excluding tert-OH is 2. The molecular formula is C20H24O4. The van der Waals surface area contributed by atoms with Crippen molar-refractivity contribution in [3.8, 4) is 0 Å². The lowest BCUT2D eigenvalue weighted by atomic mass is 9.41. The molecule has 10 fully saturated rings. The zero-order chi connectivity index (χ0) is 15.3. The van der Waals surface area contributed by atoms with Crippen molar-refractivity contribution in [2.75, 3.05) is 0 Å². The Balaban J connectivity index is 1.42. The molecule has 8 saturated carbocycles. The molecule has 8 aliphatic carbocycles. The van der Waals surface area contributed by atoms with Gasteiger partial charge in [0, 0.05) is 10.8 Å². The SMILES string of the molecule is O[C@@H]1O[C@H]2CC[C@@H]3[C@H]2[C@@H]2[C@@H]4[C@@H]5[C@@H]6[C@@H]7[C@@H]8CC[C@H]7O[C@H](O)[C@]6([C@H]34)[C@]21[C@@H]85. The third-order valence-electron chi connectivity index (χ3n) is 11.7. The molecule has 10 rings (SSSR count). The molecule has 8 bridgehead atoms. The molecular weight excluding hydrogens is 304 g/mol. The summed E-state index contributed by atoms with van der Waals surface area (Å²) in [6.45, 7) is 0. The molecule has 0 radical (unpaired) electrons. The lowest BCUT2D eigenvalue weighted by molar-refractivity contribution is -0.393. The Labute approximate surface area is 140 Å². The van der Waals surface area contributed by atoms with Crippen LogP contribution in [0.4, 0.5) is 0 Å². The zero-order valence-electron chi connectivity index (χ0n) is 13.6. The van der Waals surface area contributed by atoms with E-state index in [1.165, 1.54) is 12.8 Å². The van der Waals surface area contributed by atoms with Crippen molar-refractivity contribution in [1.29, 1.82) is 0 Å². The van der Waals surface area contributed by atoms with Crippen molar-refractivity contribution in [3.05, 3.63) is 0 Å². The maximum Gasteiger partial charge on any atom is 0.161 e. The molecule has 0 aromatic carbocycles. The topological polar surface area (TPSA) is 58.9 Å². The van der Waals surface area contributed by atoms with Gasteiger partial charge < -0.3 is 19.7 Å². The highest BCUT2D eigenvalue weighted by Crippen LogP contribution is 3.00. The summed E-state index contributed by atoms with van der Waals surface area (Å²) in [7, 11) is 0. The van der Waals surface area contributed by atoms with E-state index >= 15 is 0 Å². The summed E-state index contributed by atoms with van der Waals surface area (Å²) in [6.07, 6.45) is 4.08. The molecule has 4 heteroatoms. The van der Waals surface area contributed by atoms with Crippen LogP contribution in [-0.2, 0) is 9.47 Å². The Morgan fingerprint density at radius 3 is 1.50 bits per heavy atom. The van der Waals surface area contributed by atoms with Crippen molar-refractivity contribution >= 4 is 0 Å². The fraction of sp³-hybridized carbons (Fsp3) is 1.00. The van der Waals surface area contributed by atoms with E-state index in [9.17, 15) is 10.2 Å². The van der Waals surface area contributed by atoms with E-state index in [1.54, 1.807) is 0 Å². The van der Waals surface area contributed by atoms with Gasteiger partial charge in [-0.3, -0.25) is 0 Å². The zero-order valence-corrected chi connectivity index (χ0v) is 13.6. The highest BCUT2D eigenvalue weighted by atomic mass is 16.6. The van der Waals surface area contributed by atoms with E-state index in [4.69, 9.17) is 9.47 Å². The van der Waals surface area contributed by atoms with Crippen LogP contribution in [0.15, 0.2) is 0 Å². The summed E-state index contributed by atoms with van der Waals surface area (Å²) in [5, 5.41) is 22.8. The molecule has 2 heterocycles. The molecule has 2 spiro atoms. The number of hydrogen-bond donors (Lipinski definition) is 2. The maximum absolute atomic E-state index is 11.4. The molecule has 0 amide bonds. The third-order valence-corrected chi connectivity index (χ3v) is 11.7. The second kappa shape index (κ2) is 3.04. The second-order valence-electron chi connectivity index (χ2n) is 10.8. The molecule has 0 aromatic rings. The molecule has 0 aromatic heterocycles. The van der Waals surface area contributed by atoms with Gasteiger partial charge in [-0.25, -0.2) is 0 Å². The van der Waals surface area contributed by atoms with E-state index in [2.05, 4.69) is 0 Å². The third kappa shape index (κ3) is 0.719. The van der Waals surface area contributed by atoms with E-state index < -0.39 is 12.6 Å². The van der Waals surface area contributed by atoms with Crippen LogP contribution in [0, 0.1) is 70.0 Å². The molecule has 10 aliphatic rings. The fourth-order valence-electron chi connectivity index (χ4n) is 12.5. The first-order valence-corrected chi connectivity index (χ1v) is 10.4. The summed E-state index contributed by atoms with van der Waals surface area (Å²) < 4.78 is 12.7. The lowest BCUT2D eigenvalue weighted by Crippen LogP contribution is -2.73. The number of aliphatic hydroxyl groups is 2. The first-order chi connectivity index (χ1) is 11.7. The van der Waals surface area contributed by atoms with Crippen molar-refractivity contribution in [2.45, 2.75) is 50.5 Å². The van der Waals surface area contributed by atoms with Crippen LogP contribution in [0.3, 0.4) is 0 Å².